The molecule has 2 unspecified atom stereocenters. The van der Waals surface area contributed by atoms with Crippen molar-refractivity contribution in [1.82, 2.24) is 5.32 Å². The van der Waals surface area contributed by atoms with Gasteiger partial charge >= 0.3 is 0 Å². The summed E-state index contributed by atoms with van der Waals surface area (Å²) in [5.74, 6) is -0.0252. The number of carbonyl (C=O) groups excluding carboxylic acids is 1. The number of nitrogens with one attached hydrogen (secondary N) is 2. The highest BCUT2D eigenvalue weighted by molar-refractivity contribution is 5.96. The van der Waals surface area contributed by atoms with Gasteiger partial charge in [-0.2, -0.15) is 0 Å². The van der Waals surface area contributed by atoms with Crippen molar-refractivity contribution in [2.75, 3.05) is 11.9 Å². The van der Waals surface area contributed by atoms with Crippen molar-refractivity contribution in [3.63, 3.8) is 0 Å². The Morgan fingerprint density at radius 3 is 2.80 bits per heavy atom. The summed E-state index contributed by atoms with van der Waals surface area (Å²) in [6.07, 6.45) is 1.54. The molecule has 1 aliphatic rings. The Morgan fingerprint density at radius 2 is 2.15 bits per heavy atom. The molecule has 2 rings (SSSR count). The van der Waals surface area contributed by atoms with Gasteiger partial charge in [-0.25, -0.2) is 0 Å². The number of aliphatic hydroxyl groups excluding tert-OH is 1. The number of para-hydroxylation sites is 1. The van der Waals surface area contributed by atoms with Crippen LogP contribution in [0.1, 0.15) is 45.3 Å². The van der Waals surface area contributed by atoms with Crippen LogP contribution in [-0.4, -0.2) is 23.6 Å². The lowest BCUT2D eigenvalue weighted by atomic mass is 9.77. The number of aliphatic hydroxyl groups is 1. The quantitative estimate of drug-likeness (QED) is 0.794. The summed E-state index contributed by atoms with van der Waals surface area (Å²) in [5, 5.41) is 16.0. The summed E-state index contributed by atoms with van der Waals surface area (Å²) in [6, 6.07) is 7.19. The summed E-state index contributed by atoms with van der Waals surface area (Å²) < 4.78 is 0. The van der Waals surface area contributed by atoms with Crippen molar-refractivity contribution >= 4 is 11.6 Å². The van der Waals surface area contributed by atoms with Gasteiger partial charge in [0.2, 0.25) is 5.91 Å². The normalized spacial score (nSPS) is 23.1. The Labute approximate surface area is 120 Å². The van der Waals surface area contributed by atoms with Gasteiger partial charge in [-0.05, 0) is 37.8 Å². The van der Waals surface area contributed by atoms with Crippen molar-refractivity contribution in [2.45, 2.75) is 45.8 Å². The van der Waals surface area contributed by atoms with Crippen LogP contribution in [0, 0.1) is 5.41 Å². The minimum atomic E-state index is -0.598. The molecule has 0 saturated carbocycles. The van der Waals surface area contributed by atoms with Crippen LogP contribution in [0.3, 0.4) is 0 Å². The number of benzene rings is 1. The maximum atomic E-state index is 12.5. The van der Waals surface area contributed by atoms with Crippen LogP contribution in [0.4, 0.5) is 5.69 Å². The van der Waals surface area contributed by atoms with Gasteiger partial charge in [0.15, 0.2) is 0 Å². The number of hydrogen-bond donors (Lipinski definition) is 3. The molecule has 0 spiro atoms. The monoisotopic (exact) mass is 276 g/mol. The Kier molecular flexibility index (Phi) is 4.45. The van der Waals surface area contributed by atoms with Gasteiger partial charge in [0.05, 0.1) is 12.1 Å². The van der Waals surface area contributed by atoms with Gasteiger partial charge in [0.25, 0.3) is 0 Å². The van der Waals surface area contributed by atoms with E-state index >= 15 is 0 Å². The Hall–Kier alpha value is -1.39. The van der Waals surface area contributed by atoms with E-state index < -0.39 is 6.10 Å². The van der Waals surface area contributed by atoms with E-state index in [1.165, 1.54) is 0 Å². The van der Waals surface area contributed by atoms with Crippen molar-refractivity contribution in [2.24, 2.45) is 5.41 Å². The van der Waals surface area contributed by atoms with Gasteiger partial charge in [0.1, 0.15) is 0 Å². The van der Waals surface area contributed by atoms with Crippen molar-refractivity contribution in [3.8, 4) is 0 Å². The highest BCUT2D eigenvalue weighted by Gasteiger charge is 2.37. The molecule has 0 bridgehead atoms. The zero-order chi connectivity index (χ0) is 14.8. The van der Waals surface area contributed by atoms with Crippen LogP contribution in [-0.2, 0) is 4.79 Å². The molecule has 110 valence electrons. The van der Waals surface area contributed by atoms with Crippen LogP contribution in [0.5, 0.6) is 0 Å². The third-order valence-corrected chi connectivity index (χ3v) is 4.06. The lowest BCUT2D eigenvalue weighted by molar-refractivity contribution is -0.121. The number of carbonyl (C=O) groups is 1. The predicted molar refractivity (Wildman–Crippen MR) is 80.5 cm³/mol. The molecular weight excluding hydrogens is 252 g/mol. The lowest BCUT2D eigenvalue weighted by Crippen LogP contribution is -2.53. The molecule has 1 amide bonds. The molecular formula is C16H24N2O2. The molecule has 4 nitrogen and oxygen atoms in total. The van der Waals surface area contributed by atoms with Crippen molar-refractivity contribution in [1.29, 1.82) is 0 Å². The molecule has 1 fully saturated rings. The van der Waals surface area contributed by atoms with Crippen LogP contribution in [0.15, 0.2) is 24.3 Å². The Bertz CT molecular complexity index is 483. The maximum absolute atomic E-state index is 12.5. The summed E-state index contributed by atoms with van der Waals surface area (Å²) in [6.45, 7) is 6.81. The fourth-order valence-electron chi connectivity index (χ4n) is 2.84. The van der Waals surface area contributed by atoms with E-state index in [0.717, 1.165) is 24.9 Å². The molecule has 1 aromatic rings. The standard InChI is InChI=1S/C16H24N2O2/c1-11(19)12-7-4-5-8-13(12)18-15(20)14-16(2,3)9-6-10-17-14/h4-5,7-8,11,14,17,19H,6,9-10H2,1-3H3,(H,18,20). The molecule has 0 aromatic heterocycles. The van der Waals surface area contributed by atoms with E-state index in [1.54, 1.807) is 6.92 Å². The largest absolute Gasteiger partial charge is 0.389 e. The SMILES string of the molecule is CC(O)c1ccccc1NC(=O)C1NCCCC1(C)C. The summed E-state index contributed by atoms with van der Waals surface area (Å²) >= 11 is 0. The number of hydrogen-bond acceptors (Lipinski definition) is 3. The van der Waals surface area contributed by atoms with E-state index in [4.69, 9.17) is 0 Å². The molecule has 1 aromatic carbocycles. The first-order chi connectivity index (χ1) is 9.42. The molecule has 1 aliphatic heterocycles. The molecule has 2 atom stereocenters. The molecule has 1 saturated heterocycles. The molecule has 3 N–H and O–H groups in total. The zero-order valence-electron chi connectivity index (χ0n) is 12.4. The van der Waals surface area contributed by atoms with E-state index in [0.29, 0.717) is 5.69 Å². The lowest BCUT2D eigenvalue weighted by Gasteiger charge is -2.38. The summed E-state index contributed by atoms with van der Waals surface area (Å²) in [5.41, 5.74) is 1.38. The topological polar surface area (TPSA) is 61.4 Å². The molecule has 4 heteroatoms. The highest BCUT2D eigenvalue weighted by Crippen LogP contribution is 2.31. The second kappa shape index (κ2) is 5.94. The average Bonchev–Trinajstić information content (AvgIpc) is 2.38. The van der Waals surface area contributed by atoms with Crippen LogP contribution >= 0.6 is 0 Å². The number of amides is 1. The number of anilines is 1. The van der Waals surface area contributed by atoms with Crippen LogP contribution in [0.25, 0.3) is 0 Å². The first kappa shape index (κ1) is 15.0. The van der Waals surface area contributed by atoms with E-state index in [-0.39, 0.29) is 17.4 Å². The van der Waals surface area contributed by atoms with Gasteiger partial charge in [-0.3, -0.25) is 4.79 Å². The predicted octanol–water partition coefficient (Wildman–Crippen LogP) is 2.46. The molecule has 20 heavy (non-hydrogen) atoms. The van der Waals surface area contributed by atoms with Crippen molar-refractivity contribution < 1.29 is 9.90 Å². The van der Waals surface area contributed by atoms with E-state index in [2.05, 4.69) is 24.5 Å². The number of piperidine rings is 1. The Morgan fingerprint density at radius 1 is 1.45 bits per heavy atom. The molecule has 0 radical (unpaired) electrons. The van der Waals surface area contributed by atoms with Gasteiger partial charge < -0.3 is 15.7 Å². The number of rotatable bonds is 3. The van der Waals surface area contributed by atoms with Crippen LogP contribution in [0.2, 0.25) is 0 Å². The minimum Gasteiger partial charge on any atom is -0.389 e. The fourth-order valence-corrected chi connectivity index (χ4v) is 2.84. The Balaban J connectivity index is 2.15. The third kappa shape index (κ3) is 3.19. The molecule has 1 heterocycles. The van der Waals surface area contributed by atoms with Crippen LogP contribution < -0.4 is 10.6 Å². The first-order valence-corrected chi connectivity index (χ1v) is 7.23. The van der Waals surface area contributed by atoms with Gasteiger partial charge in [-0.15, -0.1) is 0 Å². The summed E-state index contributed by atoms with van der Waals surface area (Å²) in [4.78, 5) is 12.5. The second-order valence-corrected chi connectivity index (χ2v) is 6.23. The van der Waals surface area contributed by atoms with Crippen molar-refractivity contribution in [3.05, 3.63) is 29.8 Å². The average molecular weight is 276 g/mol. The second-order valence-electron chi connectivity index (χ2n) is 6.23. The maximum Gasteiger partial charge on any atom is 0.242 e. The van der Waals surface area contributed by atoms with Gasteiger partial charge in [0, 0.05) is 11.3 Å². The first-order valence-electron chi connectivity index (χ1n) is 7.23. The van der Waals surface area contributed by atoms with E-state index in [1.807, 2.05) is 24.3 Å². The van der Waals surface area contributed by atoms with Gasteiger partial charge in [-0.1, -0.05) is 32.0 Å². The highest BCUT2D eigenvalue weighted by atomic mass is 16.3. The zero-order valence-corrected chi connectivity index (χ0v) is 12.4. The minimum absolute atomic E-state index is 0.0252. The summed E-state index contributed by atoms with van der Waals surface area (Å²) in [7, 11) is 0. The fraction of sp³-hybridized carbons (Fsp3) is 0.562. The van der Waals surface area contributed by atoms with E-state index in [9.17, 15) is 9.90 Å². The smallest absolute Gasteiger partial charge is 0.242 e. The third-order valence-electron chi connectivity index (χ3n) is 4.06. The molecule has 0 aliphatic carbocycles.